The number of benzene rings is 1. The molecule has 4 aliphatic carbocycles. The topological polar surface area (TPSA) is 83.8 Å². The average molecular weight is 579 g/mol. The third kappa shape index (κ3) is 4.33. The molecule has 7 rings (SSSR count). The molecule has 0 atom stereocenters. The zero-order valence-corrected chi connectivity index (χ0v) is 21.9. The standard InChI is InChI=1S/C13H14INO2.C13H16O4/c1-13(2,3)17-12(16)15-8-7-9-10(14)5-4-6-11(9)15;14-11-6-12(15)17-13(16-11)9-2-7-1-8(4-9)5-10(13)3-7/h4-8H,1-3H3;7-10H,1-6H2. The minimum Gasteiger partial charge on any atom is -0.443 e. The van der Waals surface area contributed by atoms with Gasteiger partial charge in [-0.3, -0.25) is 14.2 Å². The first-order valence-corrected chi connectivity index (χ1v) is 13.0. The lowest BCUT2D eigenvalue weighted by atomic mass is 9.53. The lowest BCUT2D eigenvalue weighted by Crippen LogP contribution is -2.63. The molecule has 0 radical (unpaired) electrons. The molecule has 4 saturated carbocycles. The van der Waals surface area contributed by atoms with E-state index in [1.165, 1.54) is 6.42 Å². The number of carbonyl (C=O) groups is 3. The number of hydrogen-bond donors (Lipinski definition) is 0. The molecule has 0 N–H and O–H groups in total. The number of hydrogen-bond acceptors (Lipinski definition) is 6. The van der Waals surface area contributed by atoms with Gasteiger partial charge in [-0.2, -0.15) is 0 Å². The molecule has 2 aromatic rings. The molecule has 5 fully saturated rings. The van der Waals surface area contributed by atoms with Crippen LogP contribution in [-0.4, -0.2) is 34.0 Å². The highest BCUT2D eigenvalue weighted by Crippen LogP contribution is 2.60. The Kier molecular flexibility index (Phi) is 5.93. The molecule has 2 heterocycles. The summed E-state index contributed by atoms with van der Waals surface area (Å²) >= 11 is 2.26. The molecule has 8 heteroatoms. The van der Waals surface area contributed by atoms with Crippen LogP contribution < -0.4 is 0 Å². The van der Waals surface area contributed by atoms with Crippen LogP contribution in [0.2, 0.25) is 0 Å². The Labute approximate surface area is 212 Å². The Morgan fingerprint density at radius 3 is 2.15 bits per heavy atom. The van der Waals surface area contributed by atoms with Crippen molar-refractivity contribution in [3.63, 3.8) is 0 Å². The monoisotopic (exact) mass is 579 g/mol. The van der Waals surface area contributed by atoms with Crippen molar-refractivity contribution in [3.8, 4) is 0 Å². The summed E-state index contributed by atoms with van der Waals surface area (Å²) in [5, 5.41) is 1.07. The predicted octanol–water partition coefficient (Wildman–Crippen LogP) is 5.66. The van der Waals surface area contributed by atoms with E-state index in [1.54, 1.807) is 10.8 Å². The first kappa shape index (κ1) is 23.6. The minimum absolute atomic E-state index is 0.214. The van der Waals surface area contributed by atoms with E-state index in [9.17, 15) is 14.4 Å². The number of fused-ring (bicyclic) bond motifs is 1. The number of ether oxygens (including phenoxy) is 3. The highest BCUT2D eigenvalue weighted by molar-refractivity contribution is 14.1. The summed E-state index contributed by atoms with van der Waals surface area (Å²) in [5.74, 6) is 0.381. The van der Waals surface area contributed by atoms with E-state index in [0.717, 1.165) is 52.0 Å². The van der Waals surface area contributed by atoms with Gasteiger partial charge in [0.25, 0.3) is 5.79 Å². The van der Waals surface area contributed by atoms with E-state index < -0.39 is 23.3 Å². The van der Waals surface area contributed by atoms with Crippen LogP contribution >= 0.6 is 22.6 Å². The smallest absolute Gasteiger partial charge is 0.418 e. The number of rotatable bonds is 0. The lowest BCUT2D eigenvalue weighted by Gasteiger charge is -2.59. The van der Waals surface area contributed by atoms with E-state index in [-0.39, 0.29) is 24.3 Å². The third-order valence-electron chi connectivity index (χ3n) is 7.38. The fourth-order valence-corrected chi connectivity index (χ4v) is 7.01. The summed E-state index contributed by atoms with van der Waals surface area (Å²) < 4.78 is 19.1. The summed E-state index contributed by atoms with van der Waals surface area (Å²) in [4.78, 5) is 35.1. The molecular formula is C26H30INO6. The Morgan fingerprint density at radius 2 is 1.59 bits per heavy atom. The van der Waals surface area contributed by atoms with Gasteiger partial charge in [-0.15, -0.1) is 0 Å². The summed E-state index contributed by atoms with van der Waals surface area (Å²) in [6.45, 7) is 5.58. The zero-order valence-electron chi connectivity index (χ0n) is 19.7. The van der Waals surface area contributed by atoms with Gasteiger partial charge in [-0.05, 0) is 106 Å². The van der Waals surface area contributed by atoms with Gasteiger partial charge < -0.3 is 14.2 Å². The molecule has 34 heavy (non-hydrogen) atoms. The van der Waals surface area contributed by atoms with E-state index in [2.05, 4.69) is 22.6 Å². The number of carbonyl (C=O) groups excluding carboxylic acids is 3. The fraction of sp³-hybridized carbons (Fsp3) is 0.577. The van der Waals surface area contributed by atoms with Gasteiger partial charge in [0.1, 0.15) is 12.0 Å². The maximum atomic E-state index is 12.0. The quantitative estimate of drug-likeness (QED) is 0.228. The van der Waals surface area contributed by atoms with Crippen molar-refractivity contribution in [1.29, 1.82) is 0 Å². The van der Waals surface area contributed by atoms with Crippen molar-refractivity contribution in [2.45, 2.75) is 70.7 Å². The largest absolute Gasteiger partial charge is 0.443 e. The van der Waals surface area contributed by atoms with Crippen LogP contribution in [0.25, 0.3) is 10.9 Å². The Balaban J connectivity index is 0.000000142. The van der Waals surface area contributed by atoms with Gasteiger partial charge in [0.05, 0.1) is 5.52 Å². The number of esters is 2. The second-order valence-electron chi connectivity index (χ2n) is 11.0. The van der Waals surface area contributed by atoms with Gasteiger partial charge in [0, 0.05) is 27.0 Å². The van der Waals surface area contributed by atoms with Crippen LogP contribution in [0, 0.1) is 27.2 Å². The molecule has 1 aromatic carbocycles. The molecule has 0 amide bonds. The van der Waals surface area contributed by atoms with Crippen molar-refractivity contribution in [3.05, 3.63) is 34.0 Å². The molecule has 1 saturated heterocycles. The molecule has 182 valence electrons. The van der Waals surface area contributed by atoms with Gasteiger partial charge in [-0.25, -0.2) is 4.79 Å². The summed E-state index contributed by atoms with van der Waals surface area (Å²) in [5.41, 5.74) is 0.404. The summed E-state index contributed by atoms with van der Waals surface area (Å²) in [6, 6.07) is 7.80. The van der Waals surface area contributed by atoms with Gasteiger partial charge in [0.15, 0.2) is 0 Å². The van der Waals surface area contributed by atoms with E-state index in [0.29, 0.717) is 0 Å². The van der Waals surface area contributed by atoms with Crippen LogP contribution in [0.4, 0.5) is 4.79 Å². The maximum Gasteiger partial charge on any atom is 0.418 e. The van der Waals surface area contributed by atoms with Gasteiger partial charge in [-0.1, -0.05) is 6.07 Å². The highest BCUT2D eigenvalue weighted by atomic mass is 127. The zero-order chi connectivity index (χ0) is 24.3. The third-order valence-corrected chi connectivity index (χ3v) is 8.32. The fourth-order valence-electron chi connectivity index (χ4n) is 6.34. The van der Waals surface area contributed by atoms with E-state index in [4.69, 9.17) is 14.2 Å². The SMILES string of the molecule is CC(C)(C)OC(=O)n1ccc2c(I)cccc21.O=C1CC(=O)OC2(O1)C1CC3CC(C1)CC2C3. The average Bonchev–Trinajstić information content (AvgIpc) is 3.16. The molecule has 1 aromatic heterocycles. The summed E-state index contributed by atoms with van der Waals surface area (Å²) in [6.07, 6.45) is 6.77. The van der Waals surface area contributed by atoms with Crippen molar-refractivity contribution in [1.82, 2.24) is 4.57 Å². The maximum absolute atomic E-state index is 12.0. The van der Waals surface area contributed by atoms with Crippen molar-refractivity contribution >= 4 is 51.5 Å². The Bertz CT molecular complexity index is 1100. The second kappa shape index (κ2) is 8.53. The first-order valence-electron chi connectivity index (χ1n) is 12.0. The summed E-state index contributed by atoms with van der Waals surface area (Å²) in [7, 11) is 0. The van der Waals surface area contributed by atoms with E-state index in [1.807, 2.05) is 45.0 Å². The number of aromatic nitrogens is 1. The van der Waals surface area contributed by atoms with Crippen LogP contribution in [0.1, 0.15) is 59.3 Å². The van der Waals surface area contributed by atoms with Crippen molar-refractivity contribution < 1.29 is 28.6 Å². The first-order chi connectivity index (χ1) is 16.0. The Hall–Kier alpha value is -2.10. The van der Waals surface area contributed by atoms with Crippen LogP contribution in [0.5, 0.6) is 0 Å². The molecule has 7 nitrogen and oxygen atoms in total. The van der Waals surface area contributed by atoms with Crippen molar-refractivity contribution in [2.24, 2.45) is 23.7 Å². The van der Waals surface area contributed by atoms with Gasteiger partial charge >= 0.3 is 18.0 Å². The van der Waals surface area contributed by atoms with Gasteiger partial charge in [0.2, 0.25) is 0 Å². The number of nitrogens with zero attached hydrogens (tertiary/aromatic N) is 1. The number of halogens is 1. The molecular weight excluding hydrogens is 549 g/mol. The predicted molar refractivity (Wildman–Crippen MR) is 133 cm³/mol. The Morgan fingerprint density at radius 1 is 1.00 bits per heavy atom. The molecule has 1 aliphatic heterocycles. The van der Waals surface area contributed by atoms with Crippen molar-refractivity contribution in [2.75, 3.05) is 0 Å². The highest BCUT2D eigenvalue weighted by Gasteiger charge is 2.63. The van der Waals surface area contributed by atoms with Crippen LogP contribution in [0.3, 0.4) is 0 Å². The lowest BCUT2D eigenvalue weighted by molar-refractivity contribution is -0.319. The molecule has 5 aliphatic rings. The molecule has 4 bridgehead atoms. The molecule has 1 spiro atoms. The normalized spacial score (nSPS) is 28.8. The van der Waals surface area contributed by atoms with Crippen LogP contribution in [0.15, 0.2) is 30.5 Å². The minimum atomic E-state index is -0.875. The second-order valence-corrected chi connectivity index (χ2v) is 12.2. The van der Waals surface area contributed by atoms with E-state index >= 15 is 0 Å². The van der Waals surface area contributed by atoms with Crippen LogP contribution in [-0.2, 0) is 23.8 Å². The molecule has 0 unspecified atom stereocenters.